The average Bonchev–Trinajstić information content (AvgIpc) is 2.69. The molecular weight excluding hydrogens is 453 g/mol. The largest absolute Gasteiger partial charge is 0.381 e. The summed E-state index contributed by atoms with van der Waals surface area (Å²) in [6, 6.07) is 8.57. The molecule has 0 unspecified atom stereocenters. The fourth-order valence-corrected chi connectivity index (χ4v) is 3.05. The van der Waals surface area contributed by atoms with E-state index in [4.69, 9.17) is 9.47 Å². The van der Waals surface area contributed by atoms with Crippen LogP contribution in [0.5, 0.6) is 0 Å². The van der Waals surface area contributed by atoms with Gasteiger partial charge in [0, 0.05) is 33.4 Å². The maximum Gasteiger partial charge on any atom is 0.191 e. The van der Waals surface area contributed by atoms with Crippen LogP contribution in [0.3, 0.4) is 0 Å². The van der Waals surface area contributed by atoms with Gasteiger partial charge in [-0.15, -0.1) is 24.0 Å². The zero-order valence-electron chi connectivity index (χ0n) is 16.8. The Kier molecular flexibility index (Phi) is 13.5. The van der Waals surface area contributed by atoms with Gasteiger partial charge >= 0.3 is 0 Å². The summed E-state index contributed by atoms with van der Waals surface area (Å²) in [6.07, 6.45) is 7.37. The molecule has 0 aromatic heterocycles. The highest BCUT2D eigenvalue weighted by Crippen LogP contribution is 2.14. The van der Waals surface area contributed by atoms with Gasteiger partial charge in [-0.25, -0.2) is 0 Å². The van der Waals surface area contributed by atoms with Crippen molar-refractivity contribution in [3.05, 3.63) is 35.4 Å². The quantitative estimate of drug-likeness (QED) is 0.223. The Morgan fingerprint density at radius 3 is 2.67 bits per heavy atom. The molecule has 0 spiro atoms. The molecule has 1 heterocycles. The second-order valence-electron chi connectivity index (χ2n) is 6.86. The van der Waals surface area contributed by atoms with E-state index in [0.717, 1.165) is 45.1 Å². The van der Waals surface area contributed by atoms with Crippen molar-refractivity contribution in [1.82, 2.24) is 10.6 Å². The zero-order valence-corrected chi connectivity index (χ0v) is 19.2. The number of nitrogens with zero attached hydrogens (tertiary/aromatic N) is 1. The van der Waals surface area contributed by atoms with Crippen LogP contribution >= 0.6 is 24.0 Å². The van der Waals surface area contributed by atoms with Crippen LogP contribution in [0, 0.1) is 0 Å². The molecule has 0 radical (unpaired) electrons. The van der Waals surface area contributed by atoms with Crippen LogP contribution in [-0.4, -0.2) is 38.9 Å². The lowest BCUT2D eigenvalue weighted by Gasteiger charge is -2.22. The lowest BCUT2D eigenvalue weighted by Crippen LogP contribution is -2.37. The Balaban J connectivity index is 0.00000364. The first-order valence-electron chi connectivity index (χ1n) is 10.0. The minimum atomic E-state index is 0. The van der Waals surface area contributed by atoms with Gasteiger partial charge in [-0.3, -0.25) is 4.99 Å². The molecule has 0 aliphatic carbocycles. The summed E-state index contributed by atoms with van der Waals surface area (Å²) in [7, 11) is 1.82. The van der Waals surface area contributed by atoms with Crippen molar-refractivity contribution in [2.24, 2.45) is 4.99 Å². The average molecular weight is 489 g/mol. The van der Waals surface area contributed by atoms with Crippen molar-refractivity contribution in [3.63, 3.8) is 0 Å². The third-order valence-electron chi connectivity index (χ3n) is 4.65. The second-order valence-corrected chi connectivity index (χ2v) is 6.86. The molecule has 0 atom stereocenters. The predicted molar refractivity (Wildman–Crippen MR) is 123 cm³/mol. The molecule has 2 rings (SSSR count). The van der Waals surface area contributed by atoms with Crippen LogP contribution in [0.2, 0.25) is 0 Å². The van der Waals surface area contributed by atoms with Gasteiger partial charge < -0.3 is 20.1 Å². The SMILES string of the molecule is CCCCCCNC(=NC)NCc1cccc(COC2CCOCC2)c1.I. The summed E-state index contributed by atoms with van der Waals surface area (Å²) in [5.41, 5.74) is 2.46. The van der Waals surface area contributed by atoms with Crippen LogP contribution in [0.1, 0.15) is 56.6 Å². The lowest BCUT2D eigenvalue weighted by atomic mass is 10.1. The number of unbranched alkanes of at least 4 members (excludes halogenated alkanes) is 3. The van der Waals surface area contributed by atoms with Crippen molar-refractivity contribution in [2.75, 3.05) is 26.8 Å². The molecule has 1 aliphatic rings. The summed E-state index contributed by atoms with van der Waals surface area (Å²) in [5, 5.41) is 6.77. The lowest BCUT2D eigenvalue weighted by molar-refractivity contribution is -0.0390. The van der Waals surface area contributed by atoms with Crippen molar-refractivity contribution in [3.8, 4) is 0 Å². The number of nitrogens with one attached hydrogen (secondary N) is 2. The summed E-state index contributed by atoms with van der Waals surface area (Å²) >= 11 is 0. The predicted octanol–water partition coefficient (Wildman–Crippen LogP) is 4.25. The number of guanidine groups is 1. The van der Waals surface area contributed by atoms with Gasteiger partial charge in [0.05, 0.1) is 12.7 Å². The highest BCUT2D eigenvalue weighted by atomic mass is 127. The van der Waals surface area contributed by atoms with Crippen molar-refractivity contribution in [2.45, 2.75) is 64.7 Å². The van der Waals surface area contributed by atoms with Gasteiger partial charge in [0.15, 0.2) is 5.96 Å². The van der Waals surface area contributed by atoms with Gasteiger partial charge in [0.25, 0.3) is 0 Å². The Morgan fingerprint density at radius 2 is 1.93 bits per heavy atom. The van der Waals surface area contributed by atoms with Gasteiger partial charge in [-0.05, 0) is 30.4 Å². The van der Waals surface area contributed by atoms with Crippen LogP contribution in [0.4, 0.5) is 0 Å². The molecule has 1 aliphatic heterocycles. The smallest absolute Gasteiger partial charge is 0.191 e. The highest BCUT2D eigenvalue weighted by Gasteiger charge is 2.14. The molecule has 27 heavy (non-hydrogen) atoms. The first-order valence-corrected chi connectivity index (χ1v) is 10.0. The third-order valence-corrected chi connectivity index (χ3v) is 4.65. The fourth-order valence-electron chi connectivity index (χ4n) is 3.05. The van der Waals surface area contributed by atoms with E-state index in [-0.39, 0.29) is 24.0 Å². The Morgan fingerprint density at radius 1 is 1.15 bits per heavy atom. The van der Waals surface area contributed by atoms with Crippen LogP contribution in [-0.2, 0) is 22.6 Å². The number of aliphatic imine (C=N–C) groups is 1. The van der Waals surface area contributed by atoms with Gasteiger partial charge in [-0.2, -0.15) is 0 Å². The molecule has 1 aromatic rings. The number of hydrogen-bond donors (Lipinski definition) is 2. The summed E-state index contributed by atoms with van der Waals surface area (Å²) in [4.78, 5) is 4.30. The molecule has 0 saturated carbocycles. The number of hydrogen-bond acceptors (Lipinski definition) is 3. The van der Waals surface area contributed by atoms with Gasteiger partial charge in [0.1, 0.15) is 0 Å². The van der Waals surface area contributed by atoms with E-state index in [1.807, 2.05) is 7.05 Å². The first kappa shape index (κ1) is 24.2. The van der Waals surface area contributed by atoms with E-state index >= 15 is 0 Å². The molecule has 0 amide bonds. The fraction of sp³-hybridized carbons (Fsp3) is 0.667. The molecule has 0 bridgehead atoms. The maximum atomic E-state index is 6.02. The highest BCUT2D eigenvalue weighted by molar-refractivity contribution is 14.0. The van der Waals surface area contributed by atoms with E-state index in [1.165, 1.54) is 36.8 Å². The van der Waals surface area contributed by atoms with Gasteiger partial charge in [-0.1, -0.05) is 50.5 Å². The minimum absolute atomic E-state index is 0. The summed E-state index contributed by atoms with van der Waals surface area (Å²) in [5.74, 6) is 0.866. The number of benzene rings is 1. The van der Waals surface area contributed by atoms with Crippen molar-refractivity contribution in [1.29, 1.82) is 0 Å². The van der Waals surface area contributed by atoms with E-state index < -0.39 is 0 Å². The number of ether oxygens (including phenoxy) is 2. The standard InChI is InChI=1S/C21H35N3O2.HI/c1-3-4-5-6-12-23-21(22-2)24-16-18-8-7-9-19(15-18)17-26-20-10-13-25-14-11-20;/h7-9,15,20H,3-6,10-14,16-17H2,1-2H3,(H2,22,23,24);1H. The third kappa shape index (κ3) is 10.3. The first-order chi connectivity index (χ1) is 12.8. The van der Waals surface area contributed by atoms with E-state index in [2.05, 4.69) is 46.8 Å². The Bertz CT molecular complexity index is 534. The molecule has 2 N–H and O–H groups in total. The maximum absolute atomic E-state index is 6.02. The minimum Gasteiger partial charge on any atom is -0.381 e. The van der Waals surface area contributed by atoms with Crippen LogP contribution in [0.25, 0.3) is 0 Å². The molecular formula is C21H36IN3O2. The number of halogens is 1. The second kappa shape index (κ2) is 15.1. The molecule has 5 nitrogen and oxygen atoms in total. The van der Waals surface area contributed by atoms with E-state index in [1.54, 1.807) is 0 Å². The van der Waals surface area contributed by atoms with E-state index in [9.17, 15) is 0 Å². The van der Waals surface area contributed by atoms with Crippen molar-refractivity contribution < 1.29 is 9.47 Å². The monoisotopic (exact) mass is 489 g/mol. The Hall–Kier alpha value is -0.860. The van der Waals surface area contributed by atoms with Gasteiger partial charge in [0.2, 0.25) is 0 Å². The molecule has 154 valence electrons. The normalized spacial score (nSPS) is 15.3. The Labute approximate surface area is 181 Å². The summed E-state index contributed by atoms with van der Waals surface area (Å²) < 4.78 is 11.4. The molecule has 1 saturated heterocycles. The molecule has 1 aromatic carbocycles. The van der Waals surface area contributed by atoms with Crippen LogP contribution < -0.4 is 10.6 Å². The van der Waals surface area contributed by atoms with Crippen LogP contribution in [0.15, 0.2) is 29.3 Å². The van der Waals surface area contributed by atoms with E-state index in [0.29, 0.717) is 12.7 Å². The van der Waals surface area contributed by atoms with Crippen molar-refractivity contribution >= 4 is 29.9 Å². The molecule has 1 fully saturated rings. The number of rotatable bonds is 10. The topological polar surface area (TPSA) is 54.9 Å². The molecule has 6 heteroatoms. The summed E-state index contributed by atoms with van der Waals surface area (Å²) in [6.45, 7) is 6.27. The zero-order chi connectivity index (χ0) is 18.5.